The van der Waals surface area contributed by atoms with E-state index in [0.29, 0.717) is 0 Å². The third-order valence-electron chi connectivity index (χ3n) is 3.57. The van der Waals surface area contributed by atoms with E-state index in [4.69, 9.17) is 5.11 Å². The number of nitrogens with zero attached hydrogens (tertiary/aromatic N) is 3. The molecule has 1 aromatic carbocycles. The molecule has 4 nitrogen and oxygen atoms in total. The lowest BCUT2D eigenvalue weighted by Crippen LogP contribution is -2.19. The highest BCUT2D eigenvalue weighted by Gasteiger charge is 2.06. The molecule has 4 heteroatoms. The fourth-order valence-electron chi connectivity index (χ4n) is 2.35. The minimum atomic E-state index is 0.285. The van der Waals surface area contributed by atoms with Crippen LogP contribution >= 0.6 is 0 Å². The number of fused-ring (bicyclic) bond motifs is 1. The molecule has 104 valence electrons. The highest BCUT2D eigenvalue weighted by Crippen LogP contribution is 2.17. The Morgan fingerprint density at radius 3 is 2.84 bits per heavy atom. The summed E-state index contributed by atoms with van der Waals surface area (Å²) in [5.74, 6) is 1.04. The van der Waals surface area contributed by atoms with E-state index in [0.717, 1.165) is 37.3 Å². The lowest BCUT2D eigenvalue weighted by molar-refractivity contribution is 0.261. The highest BCUT2D eigenvalue weighted by molar-refractivity contribution is 5.76. The van der Waals surface area contributed by atoms with E-state index in [-0.39, 0.29) is 6.61 Å². The first kappa shape index (κ1) is 14.0. The Kier molecular flexibility index (Phi) is 4.56. The van der Waals surface area contributed by atoms with E-state index in [1.807, 2.05) is 14.0 Å². The van der Waals surface area contributed by atoms with Crippen LogP contribution in [0.3, 0.4) is 0 Å². The number of hydrogen-bond acceptors (Lipinski definition) is 3. The molecule has 0 saturated heterocycles. The van der Waals surface area contributed by atoms with E-state index in [2.05, 4.69) is 39.7 Å². The van der Waals surface area contributed by atoms with Gasteiger partial charge in [0.1, 0.15) is 5.82 Å². The molecule has 0 saturated carbocycles. The van der Waals surface area contributed by atoms with Crippen LogP contribution in [0.5, 0.6) is 0 Å². The van der Waals surface area contributed by atoms with Crippen molar-refractivity contribution in [1.29, 1.82) is 0 Å². The van der Waals surface area contributed by atoms with Gasteiger partial charge in [-0.25, -0.2) is 4.98 Å². The van der Waals surface area contributed by atoms with Crippen LogP contribution in [0.25, 0.3) is 11.0 Å². The molecule has 1 heterocycles. The third kappa shape index (κ3) is 3.33. The van der Waals surface area contributed by atoms with Gasteiger partial charge in [-0.2, -0.15) is 0 Å². The molecule has 0 aliphatic heterocycles. The quantitative estimate of drug-likeness (QED) is 0.810. The zero-order chi connectivity index (χ0) is 13.8. The topological polar surface area (TPSA) is 41.3 Å². The number of benzene rings is 1. The molecule has 0 unspecified atom stereocenters. The van der Waals surface area contributed by atoms with Crippen LogP contribution < -0.4 is 0 Å². The van der Waals surface area contributed by atoms with Gasteiger partial charge in [-0.15, -0.1) is 0 Å². The van der Waals surface area contributed by atoms with E-state index < -0.39 is 0 Å². The number of unbranched alkanes of at least 4 members (excludes halogenated alkanes) is 1. The Hall–Kier alpha value is -1.39. The molecule has 2 rings (SSSR count). The van der Waals surface area contributed by atoms with Crippen LogP contribution in [0.2, 0.25) is 0 Å². The van der Waals surface area contributed by atoms with Gasteiger partial charge in [0.05, 0.1) is 11.0 Å². The molecule has 1 N–H and O–H groups in total. The predicted molar refractivity (Wildman–Crippen MR) is 78.1 cm³/mol. The fraction of sp³-hybridized carbons (Fsp3) is 0.533. The molecule has 19 heavy (non-hydrogen) atoms. The van der Waals surface area contributed by atoms with Gasteiger partial charge in [-0.05, 0) is 51.1 Å². The maximum Gasteiger partial charge on any atom is 0.106 e. The van der Waals surface area contributed by atoms with Gasteiger partial charge < -0.3 is 14.6 Å². The van der Waals surface area contributed by atoms with Crippen molar-refractivity contribution in [1.82, 2.24) is 14.5 Å². The predicted octanol–water partition coefficient (Wildman–Crippen LogP) is 2.09. The molecule has 0 atom stereocenters. The summed E-state index contributed by atoms with van der Waals surface area (Å²) in [6, 6.07) is 6.49. The highest BCUT2D eigenvalue weighted by atomic mass is 16.2. The Balaban J connectivity index is 2.05. The van der Waals surface area contributed by atoms with Crippen LogP contribution in [0.15, 0.2) is 18.2 Å². The summed E-state index contributed by atoms with van der Waals surface area (Å²) in [4.78, 5) is 6.85. The van der Waals surface area contributed by atoms with Crippen molar-refractivity contribution in [3.05, 3.63) is 29.6 Å². The standard InChI is InChI=1S/C15H23N3O/c1-12-16-14-10-13(6-7-15(14)18(12)3)11-17(2)8-4-5-9-19/h6-7,10,19H,4-5,8-9,11H2,1-3H3. The van der Waals surface area contributed by atoms with Gasteiger partial charge in [0.25, 0.3) is 0 Å². The summed E-state index contributed by atoms with van der Waals surface area (Å²) < 4.78 is 2.12. The molecule has 0 amide bonds. The Labute approximate surface area is 114 Å². The molecule has 0 radical (unpaired) electrons. The smallest absolute Gasteiger partial charge is 0.106 e. The number of aromatic nitrogens is 2. The molecular formula is C15H23N3O. The molecule has 0 bridgehead atoms. The van der Waals surface area contributed by atoms with Gasteiger partial charge in [-0.3, -0.25) is 0 Å². The van der Waals surface area contributed by atoms with Crippen molar-refractivity contribution in [3.63, 3.8) is 0 Å². The summed E-state index contributed by atoms with van der Waals surface area (Å²) in [5.41, 5.74) is 3.54. The summed E-state index contributed by atoms with van der Waals surface area (Å²) in [7, 11) is 4.16. The van der Waals surface area contributed by atoms with Crippen molar-refractivity contribution in [2.24, 2.45) is 7.05 Å². The van der Waals surface area contributed by atoms with Gasteiger partial charge in [-0.1, -0.05) is 6.07 Å². The first-order chi connectivity index (χ1) is 9.11. The second-order valence-corrected chi connectivity index (χ2v) is 5.21. The van der Waals surface area contributed by atoms with Gasteiger partial charge in [0, 0.05) is 20.2 Å². The van der Waals surface area contributed by atoms with Crippen LogP contribution in [-0.2, 0) is 13.6 Å². The summed E-state index contributed by atoms with van der Waals surface area (Å²) in [5, 5.41) is 8.79. The second-order valence-electron chi connectivity index (χ2n) is 5.21. The summed E-state index contributed by atoms with van der Waals surface area (Å²) in [6.45, 7) is 4.25. The monoisotopic (exact) mass is 261 g/mol. The molecule has 0 fully saturated rings. The zero-order valence-electron chi connectivity index (χ0n) is 12.1. The van der Waals surface area contributed by atoms with Crippen LogP contribution in [0.1, 0.15) is 24.2 Å². The average Bonchev–Trinajstić information content (AvgIpc) is 2.65. The molecule has 2 aromatic rings. The number of aryl methyl sites for hydroxylation is 2. The van der Waals surface area contributed by atoms with Crippen LogP contribution in [0, 0.1) is 6.92 Å². The maximum absolute atomic E-state index is 8.79. The zero-order valence-corrected chi connectivity index (χ0v) is 12.1. The number of hydrogen-bond donors (Lipinski definition) is 1. The molecule has 1 aromatic heterocycles. The first-order valence-electron chi connectivity index (χ1n) is 6.83. The van der Waals surface area contributed by atoms with E-state index >= 15 is 0 Å². The average molecular weight is 261 g/mol. The Morgan fingerprint density at radius 2 is 2.11 bits per heavy atom. The molecular weight excluding hydrogens is 238 g/mol. The number of rotatable bonds is 6. The molecule has 0 spiro atoms. The number of imidazole rings is 1. The number of aliphatic hydroxyl groups excluding tert-OH is 1. The number of aliphatic hydroxyl groups is 1. The fourth-order valence-corrected chi connectivity index (χ4v) is 2.35. The van der Waals surface area contributed by atoms with Crippen molar-refractivity contribution in [2.45, 2.75) is 26.3 Å². The minimum Gasteiger partial charge on any atom is -0.396 e. The van der Waals surface area contributed by atoms with E-state index in [9.17, 15) is 0 Å². The van der Waals surface area contributed by atoms with Gasteiger partial charge in [0.15, 0.2) is 0 Å². The lowest BCUT2D eigenvalue weighted by Gasteiger charge is -2.16. The van der Waals surface area contributed by atoms with Crippen LogP contribution in [0.4, 0.5) is 0 Å². The van der Waals surface area contributed by atoms with Gasteiger partial charge in [0.2, 0.25) is 0 Å². The summed E-state index contributed by atoms with van der Waals surface area (Å²) >= 11 is 0. The van der Waals surface area contributed by atoms with Crippen molar-refractivity contribution in [3.8, 4) is 0 Å². The Bertz CT molecular complexity index is 548. The third-order valence-corrected chi connectivity index (χ3v) is 3.57. The van der Waals surface area contributed by atoms with Crippen LogP contribution in [-0.4, -0.2) is 39.8 Å². The van der Waals surface area contributed by atoms with Gasteiger partial charge >= 0.3 is 0 Å². The Morgan fingerprint density at radius 1 is 1.32 bits per heavy atom. The molecule has 0 aliphatic carbocycles. The van der Waals surface area contributed by atoms with Crippen molar-refractivity contribution >= 4 is 11.0 Å². The normalized spacial score (nSPS) is 11.6. The first-order valence-corrected chi connectivity index (χ1v) is 6.83. The minimum absolute atomic E-state index is 0.285. The van der Waals surface area contributed by atoms with E-state index in [1.54, 1.807) is 0 Å². The largest absolute Gasteiger partial charge is 0.396 e. The maximum atomic E-state index is 8.79. The van der Waals surface area contributed by atoms with E-state index in [1.165, 1.54) is 11.1 Å². The SMILES string of the molecule is Cc1nc2cc(CN(C)CCCCO)ccc2n1C. The van der Waals surface area contributed by atoms with Crippen molar-refractivity contribution < 1.29 is 5.11 Å². The lowest BCUT2D eigenvalue weighted by atomic mass is 10.2. The molecule has 0 aliphatic rings. The van der Waals surface area contributed by atoms with Crippen molar-refractivity contribution in [2.75, 3.05) is 20.2 Å². The summed E-state index contributed by atoms with van der Waals surface area (Å²) in [6.07, 6.45) is 1.92. The second kappa shape index (κ2) is 6.17.